The molecule has 38 heavy (non-hydrogen) atoms. The molecule has 0 unspecified atom stereocenters. The van der Waals surface area contributed by atoms with E-state index in [0.717, 1.165) is 29.3 Å². The van der Waals surface area contributed by atoms with E-state index in [1.807, 2.05) is 47.1 Å². The van der Waals surface area contributed by atoms with Gasteiger partial charge < -0.3 is 24.8 Å². The molecule has 0 saturated heterocycles. The van der Waals surface area contributed by atoms with Crippen LogP contribution in [0.5, 0.6) is 0 Å². The van der Waals surface area contributed by atoms with Gasteiger partial charge in [0, 0.05) is 51.3 Å². The third-order valence-corrected chi connectivity index (χ3v) is 5.42. The van der Waals surface area contributed by atoms with Crippen LogP contribution in [0.15, 0.2) is 48.5 Å². The smallest absolute Gasteiger partial charge is 0.870 e. The summed E-state index contributed by atoms with van der Waals surface area (Å²) < 4.78 is 18.6. The fraction of sp³-hybridized carbons (Fsp3) is 0.385. The van der Waals surface area contributed by atoms with Crippen molar-refractivity contribution in [1.82, 2.24) is 19.6 Å². The molecule has 0 aliphatic carbocycles. The third-order valence-electron chi connectivity index (χ3n) is 5.42. The molecule has 200 valence electrons. The molecule has 0 atom stereocenters. The van der Waals surface area contributed by atoms with Crippen LogP contribution >= 0.6 is 0 Å². The Hall–Kier alpha value is -3.20. The predicted molar refractivity (Wildman–Crippen MR) is 137 cm³/mol. The summed E-state index contributed by atoms with van der Waals surface area (Å²) in [7, 11) is 3.31. The summed E-state index contributed by atoms with van der Waals surface area (Å²) in [6.07, 6.45) is 1.66. The van der Waals surface area contributed by atoms with Crippen LogP contribution in [0, 0.1) is 0 Å². The van der Waals surface area contributed by atoms with Gasteiger partial charge >= 0.3 is 30.8 Å². The predicted octanol–water partition coefficient (Wildman–Crippen LogP) is 0.848. The van der Waals surface area contributed by atoms with Crippen molar-refractivity contribution in [2.45, 2.75) is 32.9 Å². The Bertz CT molecular complexity index is 1310. The summed E-state index contributed by atoms with van der Waals surface area (Å²) in [5.74, 6) is -1.36. The Balaban J connectivity index is 0.000000363. The van der Waals surface area contributed by atoms with Crippen LogP contribution in [0.25, 0.3) is 21.8 Å². The van der Waals surface area contributed by atoms with Gasteiger partial charge in [-0.3, -0.25) is 9.36 Å². The minimum absolute atomic E-state index is 0. The van der Waals surface area contributed by atoms with Crippen LogP contribution in [0.2, 0.25) is 0 Å². The number of hydrogen-bond donors (Lipinski definition) is 1. The number of carbonyl (C=O) groups excluding carboxylic acids is 1. The third kappa shape index (κ3) is 8.15. The molecule has 0 aliphatic rings. The standard InChI is InChI=1S/C14H18N2O3.C12H14N2O3.Li.H2O/c1-3-19-14(17)13-11-7-4-5-8-12(11)16(15-13)9-6-10-18-2;1-17-8-4-7-14-10-6-3-2-5-9(10)11(13-14)12(15)16;;/h4-5,7-8H,3,6,9-10H2,1-2H3;2-3,5-6H,4,7-8H2,1H3,(H,15,16);;1H2/q;;+1;/p-1. The number of rotatable bonds is 11. The minimum atomic E-state index is -0.994. The summed E-state index contributed by atoms with van der Waals surface area (Å²) in [6.45, 7) is 4.81. The fourth-order valence-electron chi connectivity index (χ4n) is 3.82. The summed E-state index contributed by atoms with van der Waals surface area (Å²) in [6, 6.07) is 15.0. The normalized spacial score (nSPS) is 10.3. The molecule has 12 heteroatoms. The molecule has 0 amide bonds. The molecule has 4 rings (SSSR count). The number of benzene rings is 2. The quantitative estimate of drug-likeness (QED) is 0.173. The molecular weight excluding hydrogens is 487 g/mol. The first-order valence-electron chi connectivity index (χ1n) is 11.8. The maximum atomic E-state index is 11.9. The van der Waals surface area contributed by atoms with Gasteiger partial charge in [-0.1, -0.05) is 36.4 Å². The van der Waals surface area contributed by atoms with Gasteiger partial charge in [-0.05, 0) is 31.9 Å². The van der Waals surface area contributed by atoms with Crippen molar-refractivity contribution in [2.24, 2.45) is 0 Å². The second-order valence-corrected chi connectivity index (χ2v) is 7.90. The maximum Gasteiger partial charge on any atom is 1.00 e. The number of nitrogens with zero attached hydrogens (tertiary/aromatic N) is 4. The van der Waals surface area contributed by atoms with Crippen molar-refractivity contribution >= 4 is 33.7 Å². The van der Waals surface area contributed by atoms with Gasteiger partial charge in [0.1, 0.15) is 0 Å². The van der Waals surface area contributed by atoms with Crippen LogP contribution in [-0.2, 0) is 27.3 Å². The van der Waals surface area contributed by atoms with E-state index in [1.165, 1.54) is 0 Å². The Labute approximate surface area is 233 Å². The van der Waals surface area contributed by atoms with Crippen molar-refractivity contribution in [1.29, 1.82) is 0 Å². The van der Waals surface area contributed by atoms with Gasteiger partial charge in [-0.15, -0.1) is 0 Å². The molecule has 0 aliphatic heterocycles. The van der Waals surface area contributed by atoms with Gasteiger partial charge in [0.25, 0.3) is 0 Å². The molecule has 0 bridgehead atoms. The molecule has 4 aromatic rings. The number of carbonyl (C=O) groups is 2. The van der Waals surface area contributed by atoms with E-state index in [2.05, 4.69) is 10.2 Å². The number of esters is 1. The average Bonchev–Trinajstić information content (AvgIpc) is 3.44. The van der Waals surface area contributed by atoms with Crippen molar-refractivity contribution < 1.29 is 53.2 Å². The van der Waals surface area contributed by atoms with Gasteiger partial charge in [-0.25, -0.2) is 9.59 Å². The first kappa shape index (κ1) is 32.8. The summed E-state index contributed by atoms with van der Waals surface area (Å²) in [5, 5.41) is 19.1. The van der Waals surface area contributed by atoms with E-state index in [0.29, 0.717) is 44.0 Å². The topological polar surface area (TPSA) is 148 Å². The van der Waals surface area contributed by atoms with Gasteiger partial charge in [-0.2, -0.15) is 10.2 Å². The average molecular weight is 521 g/mol. The molecule has 0 spiro atoms. The number of hydrogen-bond acceptors (Lipinski definition) is 8. The maximum absolute atomic E-state index is 11.9. The number of carboxylic acids is 1. The van der Waals surface area contributed by atoms with Crippen LogP contribution in [0.1, 0.15) is 40.7 Å². The molecule has 2 aromatic carbocycles. The van der Waals surface area contributed by atoms with E-state index in [4.69, 9.17) is 19.3 Å². The SMILES string of the molecule is CCOC(=O)c1nn(CCCOC)c2ccccc12.COCCCn1nc(C(=O)O)c2ccccc21.[Li+].[OH-]. The summed E-state index contributed by atoms with van der Waals surface area (Å²) >= 11 is 0. The van der Waals surface area contributed by atoms with E-state index >= 15 is 0 Å². The second kappa shape index (κ2) is 16.6. The molecule has 2 aromatic heterocycles. The molecule has 0 radical (unpaired) electrons. The Morgan fingerprint density at radius 2 is 1.26 bits per heavy atom. The summed E-state index contributed by atoms with van der Waals surface area (Å²) in [5.41, 5.74) is 2.29. The molecule has 0 saturated carbocycles. The fourth-order valence-corrected chi connectivity index (χ4v) is 3.82. The molecule has 0 fully saturated rings. The number of methoxy groups -OCH3 is 2. The molecule has 11 nitrogen and oxygen atoms in total. The van der Waals surface area contributed by atoms with Crippen LogP contribution in [0.3, 0.4) is 0 Å². The zero-order valence-electron chi connectivity index (χ0n) is 22.3. The zero-order chi connectivity index (χ0) is 25.9. The van der Waals surface area contributed by atoms with Crippen molar-refractivity contribution in [2.75, 3.05) is 34.0 Å². The van der Waals surface area contributed by atoms with E-state index in [1.54, 1.807) is 31.9 Å². The van der Waals surface area contributed by atoms with Gasteiger partial charge in [0.15, 0.2) is 11.4 Å². The largest absolute Gasteiger partial charge is 1.00 e. The van der Waals surface area contributed by atoms with Crippen LogP contribution in [0.4, 0.5) is 0 Å². The van der Waals surface area contributed by atoms with Crippen molar-refractivity contribution in [3.8, 4) is 0 Å². The zero-order valence-corrected chi connectivity index (χ0v) is 22.3. The number of aromatic carboxylic acids is 1. The molecule has 2 N–H and O–H groups in total. The van der Waals surface area contributed by atoms with Crippen molar-refractivity contribution in [3.63, 3.8) is 0 Å². The number of ether oxygens (including phenoxy) is 3. The Morgan fingerprint density at radius 1 is 0.816 bits per heavy atom. The van der Waals surface area contributed by atoms with E-state index in [9.17, 15) is 9.59 Å². The van der Waals surface area contributed by atoms with Crippen LogP contribution in [-0.4, -0.2) is 76.1 Å². The van der Waals surface area contributed by atoms with E-state index in [-0.39, 0.29) is 36.0 Å². The Morgan fingerprint density at radius 3 is 1.71 bits per heavy atom. The number of aromatic nitrogens is 4. The minimum Gasteiger partial charge on any atom is -0.870 e. The first-order valence-corrected chi connectivity index (χ1v) is 11.8. The number of aryl methyl sites for hydroxylation is 2. The van der Waals surface area contributed by atoms with Crippen molar-refractivity contribution in [3.05, 3.63) is 59.9 Å². The van der Waals surface area contributed by atoms with Gasteiger partial charge in [0.05, 0.1) is 17.6 Å². The van der Waals surface area contributed by atoms with Gasteiger partial charge in [0.2, 0.25) is 0 Å². The molecule has 2 heterocycles. The summed E-state index contributed by atoms with van der Waals surface area (Å²) in [4.78, 5) is 22.9. The van der Waals surface area contributed by atoms with E-state index < -0.39 is 5.97 Å². The first-order chi connectivity index (χ1) is 17.5. The second-order valence-electron chi connectivity index (χ2n) is 7.90. The Kier molecular flexibility index (Phi) is 14.3. The number of carboxylic acid groups (broad SMARTS) is 1. The number of fused-ring (bicyclic) bond motifs is 2. The molecular formula is C26H33LiN4O7. The van der Waals surface area contributed by atoms with Crippen LogP contribution < -0.4 is 18.9 Å². The number of para-hydroxylation sites is 2. The monoisotopic (exact) mass is 520 g/mol.